The van der Waals surface area contributed by atoms with Gasteiger partial charge in [-0.1, -0.05) is 11.8 Å². The molecular weight excluding hydrogens is 360 g/mol. The third-order valence-electron chi connectivity index (χ3n) is 5.59. The van der Waals surface area contributed by atoms with Crippen LogP contribution in [0.3, 0.4) is 0 Å². The first-order chi connectivity index (χ1) is 13.6. The van der Waals surface area contributed by atoms with Crippen LogP contribution in [0, 0.1) is 11.8 Å². The van der Waals surface area contributed by atoms with E-state index in [4.69, 9.17) is 9.47 Å². The lowest BCUT2D eigenvalue weighted by atomic mass is 9.91. The van der Waals surface area contributed by atoms with Gasteiger partial charge in [-0.2, -0.15) is 0 Å². The Morgan fingerprint density at radius 2 is 1.52 bits per heavy atom. The Morgan fingerprint density at radius 1 is 0.897 bits per heavy atom. The first-order valence-electron chi connectivity index (χ1n) is 11.0. The maximum atomic E-state index is 6.05. The molecule has 4 nitrogen and oxygen atoms in total. The minimum absolute atomic E-state index is 0.0733. The highest BCUT2D eigenvalue weighted by atomic mass is 16.5. The summed E-state index contributed by atoms with van der Waals surface area (Å²) in [6.45, 7) is 18.5. The second-order valence-corrected chi connectivity index (χ2v) is 10.3. The van der Waals surface area contributed by atoms with Crippen molar-refractivity contribution in [1.29, 1.82) is 0 Å². The molecule has 1 saturated heterocycles. The molecule has 4 heteroatoms. The largest absolute Gasteiger partial charge is 0.490 e. The molecular formula is C25H38N2O2. The van der Waals surface area contributed by atoms with Gasteiger partial charge in [-0.05, 0) is 65.8 Å². The van der Waals surface area contributed by atoms with E-state index in [1.807, 2.05) is 12.1 Å². The third kappa shape index (κ3) is 7.03. The monoisotopic (exact) mass is 398 g/mol. The van der Waals surface area contributed by atoms with E-state index in [2.05, 4.69) is 75.3 Å². The van der Waals surface area contributed by atoms with Gasteiger partial charge < -0.3 is 9.47 Å². The summed E-state index contributed by atoms with van der Waals surface area (Å²) in [6.07, 6.45) is 2.55. The Labute approximate surface area is 177 Å². The molecule has 1 aromatic carbocycles. The molecule has 1 aliphatic heterocycles. The molecule has 3 rings (SSSR count). The van der Waals surface area contributed by atoms with Crippen LogP contribution in [0.25, 0.3) is 0 Å². The van der Waals surface area contributed by atoms with E-state index in [1.165, 1.54) is 0 Å². The Balaban J connectivity index is 1.39. The summed E-state index contributed by atoms with van der Waals surface area (Å²) in [5.41, 5.74) is 1.24. The van der Waals surface area contributed by atoms with Crippen LogP contribution in [0.4, 0.5) is 0 Å². The van der Waals surface area contributed by atoms with Crippen molar-refractivity contribution in [2.75, 3.05) is 32.7 Å². The molecule has 0 bridgehead atoms. The molecule has 29 heavy (non-hydrogen) atoms. The predicted octanol–water partition coefficient (Wildman–Crippen LogP) is 4.18. The van der Waals surface area contributed by atoms with Crippen molar-refractivity contribution < 1.29 is 9.47 Å². The van der Waals surface area contributed by atoms with Crippen LogP contribution in [0.15, 0.2) is 24.3 Å². The molecule has 1 aromatic rings. The molecule has 1 aliphatic carbocycles. The number of benzene rings is 1. The zero-order chi connectivity index (χ0) is 21.1. The van der Waals surface area contributed by atoms with Crippen LogP contribution in [0.5, 0.6) is 5.75 Å². The molecule has 0 radical (unpaired) electrons. The van der Waals surface area contributed by atoms with Gasteiger partial charge in [0.2, 0.25) is 0 Å². The van der Waals surface area contributed by atoms with Gasteiger partial charge in [0, 0.05) is 50.1 Å². The molecule has 1 saturated carbocycles. The SMILES string of the molecule is CC(C)(C)OC1CC(Oc2ccc(C#CCN3CCN(C(C)(C)C)CC3)cc2)C1. The first kappa shape index (κ1) is 22.2. The Morgan fingerprint density at radius 3 is 2.07 bits per heavy atom. The van der Waals surface area contributed by atoms with Gasteiger partial charge >= 0.3 is 0 Å². The van der Waals surface area contributed by atoms with E-state index in [0.29, 0.717) is 6.10 Å². The topological polar surface area (TPSA) is 24.9 Å². The maximum absolute atomic E-state index is 6.05. The van der Waals surface area contributed by atoms with Crippen molar-refractivity contribution in [3.63, 3.8) is 0 Å². The van der Waals surface area contributed by atoms with Crippen molar-refractivity contribution in [3.8, 4) is 17.6 Å². The molecule has 0 amide bonds. The van der Waals surface area contributed by atoms with Crippen LogP contribution >= 0.6 is 0 Å². The molecule has 160 valence electrons. The smallest absolute Gasteiger partial charge is 0.119 e. The Kier molecular flexibility index (Phi) is 6.94. The van der Waals surface area contributed by atoms with E-state index in [1.54, 1.807) is 0 Å². The third-order valence-corrected chi connectivity index (χ3v) is 5.59. The van der Waals surface area contributed by atoms with E-state index >= 15 is 0 Å². The van der Waals surface area contributed by atoms with Crippen molar-refractivity contribution in [2.24, 2.45) is 0 Å². The van der Waals surface area contributed by atoms with Crippen LogP contribution < -0.4 is 4.74 Å². The Hall–Kier alpha value is -1.54. The van der Waals surface area contributed by atoms with E-state index < -0.39 is 0 Å². The number of rotatable bonds is 4. The zero-order valence-electron chi connectivity index (χ0n) is 19.1. The molecule has 0 spiro atoms. The highest BCUT2D eigenvalue weighted by Gasteiger charge is 2.34. The number of ether oxygens (including phenoxy) is 2. The molecule has 0 N–H and O–H groups in total. The number of hydrogen-bond acceptors (Lipinski definition) is 4. The molecule has 0 aromatic heterocycles. The van der Waals surface area contributed by atoms with Crippen molar-refractivity contribution in [2.45, 2.75) is 77.7 Å². The van der Waals surface area contributed by atoms with Crippen LogP contribution in [0.2, 0.25) is 0 Å². The Bertz CT molecular complexity index is 704. The number of piperazine rings is 1. The van der Waals surface area contributed by atoms with Crippen LogP contribution in [-0.2, 0) is 4.74 Å². The van der Waals surface area contributed by atoms with Gasteiger partial charge in [0.25, 0.3) is 0 Å². The lowest BCUT2D eigenvalue weighted by Crippen LogP contribution is -2.53. The summed E-state index contributed by atoms with van der Waals surface area (Å²) in [7, 11) is 0. The quantitative estimate of drug-likeness (QED) is 0.711. The lowest BCUT2D eigenvalue weighted by molar-refractivity contribution is -0.126. The van der Waals surface area contributed by atoms with Gasteiger partial charge in [-0.15, -0.1) is 0 Å². The van der Waals surface area contributed by atoms with Crippen molar-refractivity contribution in [1.82, 2.24) is 9.80 Å². The van der Waals surface area contributed by atoms with Crippen LogP contribution in [-0.4, -0.2) is 65.9 Å². The molecule has 1 heterocycles. The fourth-order valence-electron chi connectivity index (χ4n) is 3.85. The van der Waals surface area contributed by atoms with Gasteiger partial charge in [0.1, 0.15) is 11.9 Å². The van der Waals surface area contributed by atoms with E-state index in [-0.39, 0.29) is 17.2 Å². The minimum Gasteiger partial charge on any atom is -0.490 e. The van der Waals surface area contributed by atoms with E-state index in [9.17, 15) is 0 Å². The van der Waals surface area contributed by atoms with Crippen LogP contribution in [0.1, 0.15) is 59.9 Å². The molecule has 2 aliphatic rings. The first-order valence-corrected chi connectivity index (χ1v) is 11.0. The maximum Gasteiger partial charge on any atom is 0.119 e. The summed E-state index contributed by atoms with van der Waals surface area (Å²) in [5.74, 6) is 7.55. The normalized spacial score (nSPS) is 23.8. The highest BCUT2D eigenvalue weighted by Crippen LogP contribution is 2.31. The van der Waals surface area contributed by atoms with Gasteiger partial charge in [0.05, 0.1) is 18.2 Å². The fraction of sp³-hybridized carbons (Fsp3) is 0.680. The standard InChI is InChI=1S/C25H38N2O2/c1-24(2,3)27-16-14-26(15-17-27)13-7-8-20-9-11-21(12-10-20)28-22-18-23(19-22)29-25(4,5)6/h9-12,22-23H,13-19H2,1-6H3. The molecule has 2 fully saturated rings. The van der Waals surface area contributed by atoms with Gasteiger partial charge in [-0.3, -0.25) is 9.80 Å². The summed E-state index contributed by atoms with van der Waals surface area (Å²) < 4.78 is 12.0. The minimum atomic E-state index is -0.0733. The average Bonchev–Trinajstić information content (AvgIpc) is 2.60. The summed E-state index contributed by atoms with van der Waals surface area (Å²) in [6, 6.07) is 8.18. The fourth-order valence-corrected chi connectivity index (χ4v) is 3.85. The summed E-state index contributed by atoms with van der Waals surface area (Å²) in [4.78, 5) is 4.99. The lowest BCUT2D eigenvalue weighted by Gasteiger charge is -2.41. The predicted molar refractivity (Wildman–Crippen MR) is 119 cm³/mol. The highest BCUT2D eigenvalue weighted by molar-refractivity contribution is 5.38. The second-order valence-electron chi connectivity index (χ2n) is 10.3. The summed E-state index contributed by atoms with van der Waals surface area (Å²) in [5, 5.41) is 0. The average molecular weight is 399 g/mol. The van der Waals surface area contributed by atoms with Crippen molar-refractivity contribution >= 4 is 0 Å². The second kappa shape index (κ2) is 9.08. The zero-order valence-corrected chi connectivity index (χ0v) is 19.1. The van der Waals surface area contributed by atoms with Gasteiger partial charge in [-0.25, -0.2) is 0 Å². The van der Waals surface area contributed by atoms with Gasteiger partial charge in [0.15, 0.2) is 0 Å². The molecule has 0 atom stereocenters. The summed E-state index contributed by atoms with van der Waals surface area (Å²) >= 11 is 0. The van der Waals surface area contributed by atoms with Crippen molar-refractivity contribution in [3.05, 3.63) is 29.8 Å². The molecule has 0 unspecified atom stereocenters. The number of nitrogens with zero attached hydrogens (tertiary/aromatic N) is 2. The van der Waals surface area contributed by atoms with E-state index in [0.717, 1.165) is 56.9 Å². The number of hydrogen-bond donors (Lipinski definition) is 0.